The molecule has 0 aromatic heterocycles. The first kappa shape index (κ1) is 11.3. The molecule has 1 aromatic rings. The van der Waals surface area contributed by atoms with Crippen LogP contribution in [-0.2, 0) is 15.1 Å². The zero-order valence-electron chi connectivity index (χ0n) is 8.03. The van der Waals surface area contributed by atoms with E-state index in [0.717, 1.165) is 0 Å². The molecule has 1 aliphatic heterocycles. The second kappa shape index (κ2) is 4.18. The van der Waals surface area contributed by atoms with Crippen molar-refractivity contribution < 1.29 is 33.5 Å². The molecule has 2 rings (SSSR count). The fourth-order valence-electron chi connectivity index (χ4n) is 1.52. The Hall–Kier alpha value is -0.753. The van der Waals surface area contributed by atoms with E-state index in [1.54, 1.807) is 24.3 Å². The molecule has 0 aliphatic carbocycles. The van der Waals surface area contributed by atoms with Crippen LogP contribution >= 0.6 is 0 Å². The SMILES string of the molecule is O=C([O-])C1(c2ccccc2)CCO1.[Li+]. The Bertz CT molecular complexity index is 319. The number of hydrogen-bond donors (Lipinski definition) is 0. The number of carbonyl (C=O) groups is 1. The van der Waals surface area contributed by atoms with Gasteiger partial charge in [-0.2, -0.15) is 0 Å². The molecule has 3 nitrogen and oxygen atoms in total. The monoisotopic (exact) mass is 184 g/mol. The standard InChI is InChI=1S/C10H10O3.Li/c11-9(12)10(6-7-13-10)8-4-2-1-3-5-8;/h1-5H,6-7H2,(H,11,12);/q;+1/p-1. The molecular formula is C10H9LiO3. The summed E-state index contributed by atoms with van der Waals surface area (Å²) in [5.41, 5.74) is -0.511. The molecule has 0 amide bonds. The second-order valence-corrected chi connectivity index (χ2v) is 3.08. The van der Waals surface area contributed by atoms with Crippen molar-refractivity contribution in [1.82, 2.24) is 0 Å². The van der Waals surface area contributed by atoms with Crippen LogP contribution in [0.4, 0.5) is 0 Å². The zero-order chi connectivity index (χ0) is 9.31. The maximum absolute atomic E-state index is 10.9. The quantitative estimate of drug-likeness (QED) is 0.462. The summed E-state index contributed by atoms with van der Waals surface area (Å²) in [6.45, 7) is 0.489. The molecule has 4 heteroatoms. The van der Waals surface area contributed by atoms with Crippen molar-refractivity contribution in [2.75, 3.05) is 6.61 Å². The van der Waals surface area contributed by atoms with E-state index in [4.69, 9.17) is 4.74 Å². The van der Waals surface area contributed by atoms with E-state index in [1.807, 2.05) is 6.07 Å². The predicted molar refractivity (Wildman–Crippen MR) is 43.7 cm³/mol. The zero-order valence-corrected chi connectivity index (χ0v) is 8.03. The van der Waals surface area contributed by atoms with Crippen LogP contribution in [0, 0.1) is 0 Å². The average molecular weight is 184 g/mol. The molecule has 1 saturated heterocycles. The van der Waals surface area contributed by atoms with E-state index in [0.29, 0.717) is 18.6 Å². The summed E-state index contributed by atoms with van der Waals surface area (Å²) in [7, 11) is 0. The van der Waals surface area contributed by atoms with Gasteiger partial charge in [0.05, 0.1) is 12.6 Å². The molecule has 1 atom stereocenters. The molecule has 0 N–H and O–H groups in total. The number of aliphatic carboxylic acids is 1. The molecule has 14 heavy (non-hydrogen) atoms. The van der Waals surface area contributed by atoms with Gasteiger partial charge in [0.15, 0.2) is 0 Å². The summed E-state index contributed by atoms with van der Waals surface area (Å²) < 4.78 is 5.10. The molecule has 0 bridgehead atoms. The molecule has 1 fully saturated rings. The normalized spacial score (nSPS) is 24.6. The maximum atomic E-state index is 10.9. The molecule has 1 aliphatic rings. The van der Waals surface area contributed by atoms with Gasteiger partial charge in [0.25, 0.3) is 0 Å². The van der Waals surface area contributed by atoms with Crippen LogP contribution < -0.4 is 24.0 Å². The number of rotatable bonds is 2. The number of carbonyl (C=O) groups excluding carboxylic acids is 1. The first-order chi connectivity index (χ1) is 6.26. The maximum Gasteiger partial charge on any atom is 1.00 e. The molecule has 1 heterocycles. The van der Waals surface area contributed by atoms with Gasteiger partial charge in [0.2, 0.25) is 0 Å². The van der Waals surface area contributed by atoms with Gasteiger partial charge in [-0.05, 0) is 5.56 Å². The van der Waals surface area contributed by atoms with Crippen LogP contribution in [-0.4, -0.2) is 12.6 Å². The summed E-state index contributed by atoms with van der Waals surface area (Å²) >= 11 is 0. The fraction of sp³-hybridized carbons (Fsp3) is 0.300. The summed E-state index contributed by atoms with van der Waals surface area (Å²) in [6.07, 6.45) is 0.499. The van der Waals surface area contributed by atoms with E-state index in [9.17, 15) is 9.90 Å². The van der Waals surface area contributed by atoms with Crippen molar-refractivity contribution in [3.63, 3.8) is 0 Å². The Labute approximate surface area is 94.3 Å². The molecule has 1 unspecified atom stereocenters. The first-order valence-corrected chi connectivity index (χ1v) is 4.17. The van der Waals surface area contributed by atoms with Gasteiger partial charge < -0.3 is 14.6 Å². The molecule has 0 spiro atoms. The Morgan fingerprint density at radius 1 is 1.36 bits per heavy atom. The van der Waals surface area contributed by atoms with Crippen molar-refractivity contribution in [2.45, 2.75) is 12.0 Å². The Morgan fingerprint density at radius 3 is 2.29 bits per heavy atom. The van der Waals surface area contributed by atoms with Gasteiger partial charge in [-0.1, -0.05) is 30.3 Å². The average Bonchev–Trinajstić information content (AvgIpc) is 2.03. The minimum atomic E-state index is -1.18. The number of carboxylic acids is 1. The summed E-state index contributed by atoms with van der Waals surface area (Å²) in [4.78, 5) is 10.9. The second-order valence-electron chi connectivity index (χ2n) is 3.08. The van der Waals surface area contributed by atoms with Gasteiger partial charge in [-0.15, -0.1) is 0 Å². The van der Waals surface area contributed by atoms with Crippen LogP contribution in [0.3, 0.4) is 0 Å². The van der Waals surface area contributed by atoms with Crippen LogP contribution in [0.25, 0.3) is 0 Å². The van der Waals surface area contributed by atoms with Crippen LogP contribution in [0.5, 0.6) is 0 Å². The number of ether oxygens (including phenoxy) is 1. The van der Waals surface area contributed by atoms with Gasteiger partial charge in [-0.3, -0.25) is 0 Å². The Balaban J connectivity index is 0.000000980. The molecule has 0 saturated carbocycles. The summed E-state index contributed by atoms with van der Waals surface area (Å²) in [5.74, 6) is -1.15. The van der Waals surface area contributed by atoms with Crippen LogP contribution in [0.2, 0.25) is 0 Å². The minimum Gasteiger partial charge on any atom is -0.547 e. The minimum absolute atomic E-state index is 0. The van der Waals surface area contributed by atoms with Gasteiger partial charge in [0, 0.05) is 6.42 Å². The summed E-state index contributed by atoms with van der Waals surface area (Å²) in [5, 5.41) is 10.9. The van der Waals surface area contributed by atoms with E-state index in [1.165, 1.54) is 0 Å². The summed E-state index contributed by atoms with van der Waals surface area (Å²) in [6, 6.07) is 8.92. The third-order valence-electron chi connectivity index (χ3n) is 2.37. The number of carboxylic acid groups (broad SMARTS) is 1. The van der Waals surface area contributed by atoms with Gasteiger partial charge in [0.1, 0.15) is 5.60 Å². The fourth-order valence-corrected chi connectivity index (χ4v) is 1.52. The number of benzene rings is 1. The predicted octanol–water partition coefficient (Wildman–Crippen LogP) is -2.94. The van der Waals surface area contributed by atoms with Gasteiger partial charge in [-0.25, -0.2) is 0 Å². The van der Waals surface area contributed by atoms with Crippen LogP contribution in [0.15, 0.2) is 30.3 Å². The molecule has 1 aromatic carbocycles. The topological polar surface area (TPSA) is 49.4 Å². The van der Waals surface area contributed by atoms with E-state index in [-0.39, 0.29) is 18.9 Å². The van der Waals surface area contributed by atoms with Crippen molar-refractivity contribution >= 4 is 5.97 Å². The number of hydrogen-bond acceptors (Lipinski definition) is 3. The van der Waals surface area contributed by atoms with E-state index < -0.39 is 11.6 Å². The Kier molecular flexibility index (Phi) is 3.38. The third kappa shape index (κ3) is 1.59. The van der Waals surface area contributed by atoms with Crippen molar-refractivity contribution in [1.29, 1.82) is 0 Å². The van der Waals surface area contributed by atoms with Crippen molar-refractivity contribution in [2.24, 2.45) is 0 Å². The first-order valence-electron chi connectivity index (χ1n) is 4.17. The molecule has 68 valence electrons. The Morgan fingerprint density at radius 2 is 1.93 bits per heavy atom. The largest absolute Gasteiger partial charge is 1.00 e. The van der Waals surface area contributed by atoms with Crippen molar-refractivity contribution in [3.05, 3.63) is 35.9 Å². The van der Waals surface area contributed by atoms with Gasteiger partial charge >= 0.3 is 18.9 Å². The van der Waals surface area contributed by atoms with E-state index in [2.05, 4.69) is 0 Å². The smallest absolute Gasteiger partial charge is 0.547 e. The van der Waals surface area contributed by atoms with Crippen molar-refractivity contribution in [3.8, 4) is 0 Å². The van der Waals surface area contributed by atoms with E-state index >= 15 is 0 Å². The third-order valence-corrected chi connectivity index (χ3v) is 2.37. The molecule has 0 radical (unpaired) electrons. The molecular weight excluding hydrogens is 175 g/mol. The van der Waals surface area contributed by atoms with Crippen LogP contribution in [0.1, 0.15) is 12.0 Å².